The first-order chi connectivity index (χ1) is 16.9. The van der Waals surface area contributed by atoms with Crippen LogP contribution in [0.2, 0.25) is 5.02 Å². The van der Waals surface area contributed by atoms with Gasteiger partial charge < -0.3 is 14.9 Å². The number of hydrogen-bond acceptors (Lipinski definition) is 5. The van der Waals surface area contributed by atoms with E-state index >= 15 is 0 Å². The molecule has 3 fully saturated rings. The van der Waals surface area contributed by atoms with E-state index in [4.69, 9.17) is 16.7 Å². The zero-order valence-corrected chi connectivity index (χ0v) is 21.5. The van der Waals surface area contributed by atoms with Gasteiger partial charge in [-0.15, -0.1) is 0 Å². The molecule has 9 heteroatoms. The molecular weight excluding hydrogens is 466 g/mol. The molecule has 0 saturated carbocycles. The van der Waals surface area contributed by atoms with Crippen LogP contribution in [0.4, 0.5) is 10.5 Å². The Morgan fingerprint density at radius 1 is 1.03 bits per heavy atom. The molecule has 4 heterocycles. The van der Waals surface area contributed by atoms with Gasteiger partial charge in [-0.05, 0) is 73.9 Å². The van der Waals surface area contributed by atoms with Crippen LogP contribution in [0.15, 0.2) is 30.5 Å². The smallest absolute Gasteiger partial charge is 0.356 e. The van der Waals surface area contributed by atoms with Gasteiger partial charge in [-0.3, -0.25) is 4.90 Å². The maximum atomic E-state index is 12.7. The standard InChI is InChI=1S/C24H30ClN5O3.C2H6/c25-19-3-4-21(28-9-1-2-10-28)18(15-19)16-27-12-6-24(17-27)7-13-29(14-8-24)23(33)30-11-5-20(26-30)22(31)32;1-2/h3-5,11,15H,1-2,6-10,12-14,16-17H2,(H,31,32);1-2H3. The first-order valence-electron chi connectivity index (χ1n) is 12.8. The Bertz CT molecular complexity index is 1040. The van der Waals surface area contributed by atoms with Crippen LogP contribution in [0, 0.1) is 5.41 Å². The summed E-state index contributed by atoms with van der Waals surface area (Å²) in [5.41, 5.74) is 2.75. The zero-order chi connectivity index (χ0) is 25.0. The Morgan fingerprint density at radius 3 is 2.37 bits per heavy atom. The Balaban J connectivity index is 0.00000141. The van der Waals surface area contributed by atoms with Gasteiger partial charge in [0, 0.05) is 56.2 Å². The van der Waals surface area contributed by atoms with Crippen molar-refractivity contribution in [3.05, 3.63) is 46.7 Å². The van der Waals surface area contributed by atoms with Crippen molar-refractivity contribution < 1.29 is 14.7 Å². The molecule has 35 heavy (non-hydrogen) atoms. The number of nitrogens with zero attached hydrogens (tertiary/aromatic N) is 5. The number of aromatic carboxylic acids is 1. The molecule has 0 bridgehead atoms. The molecule has 190 valence electrons. The average Bonchev–Trinajstić information content (AvgIpc) is 3.63. The summed E-state index contributed by atoms with van der Waals surface area (Å²) in [5.74, 6) is -1.13. The van der Waals surface area contributed by atoms with Crippen molar-refractivity contribution in [2.75, 3.05) is 44.2 Å². The highest BCUT2D eigenvalue weighted by Gasteiger charge is 2.41. The number of carboxylic acids is 1. The Kier molecular flexibility index (Phi) is 8.02. The summed E-state index contributed by atoms with van der Waals surface area (Å²) in [6.07, 6.45) is 6.98. The fourth-order valence-electron chi connectivity index (χ4n) is 5.62. The third-order valence-corrected chi connectivity index (χ3v) is 7.73. The lowest BCUT2D eigenvalue weighted by atomic mass is 9.78. The molecular formula is C26H36ClN5O3. The van der Waals surface area contributed by atoms with Gasteiger partial charge in [0.25, 0.3) is 0 Å². The SMILES string of the molecule is CC.O=C(O)c1ccn(C(=O)N2CCC3(CCN(Cc4cc(Cl)ccc4N4CCCC4)C3)CC2)n1. The fourth-order valence-corrected chi connectivity index (χ4v) is 5.82. The van der Waals surface area contributed by atoms with Gasteiger partial charge in [0.05, 0.1) is 0 Å². The predicted molar refractivity (Wildman–Crippen MR) is 137 cm³/mol. The number of anilines is 1. The maximum absolute atomic E-state index is 12.7. The van der Waals surface area contributed by atoms with E-state index in [1.807, 2.05) is 19.9 Å². The van der Waals surface area contributed by atoms with Crippen molar-refractivity contribution in [1.29, 1.82) is 0 Å². The second kappa shape index (κ2) is 11.0. The second-order valence-electron chi connectivity index (χ2n) is 9.65. The molecule has 0 atom stereocenters. The van der Waals surface area contributed by atoms with Crippen molar-refractivity contribution in [2.45, 2.75) is 52.5 Å². The van der Waals surface area contributed by atoms with Crippen LogP contribution in [0.25, 0.3) is 0 Å². The highest BCUT2D eigenvalue weighted by atomic mass is 35.5. The summed E-state index contributed by atoms with van der Waals surface area (Å²) < 4.78 is 1.14. The first-order valence-corrected chi connectivity index (χ1v) is 13.1. The van der Waals surface area contributed by atoms with E-state index in [2.05, 4.69) is 27.0 Å². The third kappa shape index (κ3) is 5.64. The van der Waals surface area contributed by atoms with Crippen LogP contribution in [0.3, 0.4) is 0 Å². The number of rotatable bonds is 4. The van der Waals surface area contributed by atoms with Crippen molar-refractivity contribution in [2.24, 2.45) is 5.41 Å². The minimum atomic E-state index is -1.13. The molecule has 0 aliphatic carbocycles. The summed E-state index contributed by atoms with van der Waals surface area (Å²) >= 11 is 6.35. The topological polar surface area (TPSA) is 81.9 Å². The quantitative estimate of drug-likeness (QED) is 0.647. The van der Waals surface area contributed by atoms with Crippen molar-refractivity contribution >= 4 is 29.3 Å². The zero-order valence-electron chi connectivity index (χ0n) is 20.7. The number of amides is 1. The van der Waals surface area contributed by atoms with Crippen LogP contribution in [0.1, 0.15) is 62.0 Å². The Labute approximate surface area is 212 Å². The number of carboxylic acid groups (broad SMARTS) is 1. The molecule has 8 nitrogen and oxygen atoms in total. The molecule has 1 N–H and O–H groups in total. The van der Waals surface area contributed by atoms with Gasteiger partial charge in [-0.25, -0.2) is 9.59 Å². The maximum Gasteiger partial charge on any atom is 0.356 e. The highest BCUT2D eigenvalue weighted by molar-refractivity contribution is 6.30. The normalized spacial score (nSPS) is 19.6. The molecule has 0 unspecified atom stereocenters. The van der Waals surface area contributed by atoms with Crippen LogP contribution in [-0.4, -0.2) is 76.0 Å². The summed E-state index contributed by atoms with van der Waals surface area (Å²) in [4.78, 5) is 30.6. The number of benzene rings is 1. The van der Waals surface area contributed by atoms with Gasteiger partial charge >= 0.3 is 12.0 Å². The largest absolute Gasteiger partial charge is 0.476 e. The van der Waals surface area contributed by atoms with E-state index in [9.17, 15) is 9.59 Å². The van der Waals surface area contributed by atoms with Crippen LogP contribution in [0.5, 0.6) is 0 Å². The summed E-state index contributed by atoms with van der Waals surface area (Å²) in [5, 5.41) is 13.7. The second-order valence-corrected chi connectivity index (χ2v) is 10.1. The van der Waals surface area contributed by atoms with Gasteiger partial charge in [-0.1, -0.05) is 25.4 Å². The number of carbonyl (C=O) groups is 2. The molecule has 1 aromatic carbocycles. The van der Waals surface area contributed by atoms with Crippen molar-refractivity contribution in [1.82, 2.24) is 19.6 Å². The van der Waals surface area contributed by atoms with Gasteiger partial charge in [0.15, 0.2) is 5.69 Å². The van der Waals surface area contributed by atoms with Crippen LogP contribution < -0.4 is 4.90 Å². The molecule has 3 aliphatic heterocycles. The molecule has 1 amide bonds. The number of aromatic nitrogens is 2. The Morgan fingerprint density at radius 2 is 1.71 bits per heavy atom. The molecule has 1 spiro atoms. The van der Waals surface area contributed by atoms with Gasteiger partial charge in [0.2, 0.25) is 0 Å². The van der Waals surface area contributed by atoms with E-state index in [-0.39, 0.29) is 17.1 Å². The predicted octanol–water partition coefficient (Wildman–Crippen LogP) is 4.82. The fraction of sp³-hybridized carbons (Fsp3) is 0.577. The molecule has 2 aromatic rings. The highest BCUT2D eigenvalue weighted by Crippen LogP contribution is 2.41. The molecule has 1 aromatic heterocycles. The molecule has 5 rings (SSSR count). The average molecular weight is 502 g/mol. The number of carbonyl (C=O) groups excluding carboxylic acids is 1. The monoisotopic (exact) mass is 501 g/mol. The number of hydrogen-bond donors (Lipinski definition) is 1. The number of likely N-dealkylation sites (tertiary alicyclic amines) is 2. The Hall–Kier alpha value is -2.58. The minimum absolute atomic E-state index is 0.113. The van der Waals surface area contributed by atoms with Crippen LogP contribution >= 0.6 is 11.6 Å². The van der Waals surface area contributed by atoms with E-state index in [1.165, 1.54) is 36.4 Å². The lowest BCUT2D eigenvalue weighted by Crippen LogP contribution is -2.45. The summed E-state index contributed by atoms with van der Waals surface area (Å²) in [7, 11) is 0. The summed E-state index contributed by atoms with van der Waals surface area (Å²) in [6.45, 7) is 10.6. The van der Waals surface area contributed by atoms with Crippen molar-refractivity contribution in [3.63, 3.8) is 0 Å². The van der Waals surface area contributed by atoms with Crippen molar-refractivity contribution in [3.8, 4) is 0 Å². The van der Waals surface area contributed by atoms with Gasteiger partial charge in [-0.2, -0.15) is 9.78 Å². The van der Waals surface area contributed by atoms with Gasteiger partial charge in [0.1, 0.15) is 0 Å². The lowest BCUT2D eigenvalue weighted by Gasteiger charge is -2.39. The van der Waals surface area contributed by atoms with E-state index in [1.54, 1.807) is 4.90 Å². The van der Waals surface area contributed by atoms with E-state index in [0.29, 0.717) is 13.1 Å². The van der Waals surface area contributed by atoms with E-state index < -0.39 is 5.97 Å². The molecule has 3 saturated heterocycles. The number of piperidine rings is 1. The molecule has 0 radical (unpaired) electrons. The molecule has 3 aliphatic rings. The number of halogens is 1. The van der Waals surface area contributed by atoms with E-state index in [0.717, 1.165) is 61.7 Å². The van der Waals surface area contributed by atoms with Crippen LogP contribution in [-0.2, 0) is 6.54 Å². The lowest BCUT2D eigenvalue weighted by molar-refractivity contribution is 0.0689. The first kappa shape index (κ1) is 25.5. The summed E-state index contributed by atoms with van der Waals surface area (Å²) in [6, 6.07) is 7.39. The third-order valence-electron chi connectivity index (χ3n) is 7.50. The minimum Gasteiger partial charge on any atom is -0.476 e.